The lowest BCUT2D eigenvalue weighted by Gasteiger charge is -2.36. The van der Waals surface area contributed by atoms with E-state index in [1.54, 1.807) is 6.08 Å². The molecule has 0 N–H and O–H groups in total. The van der Waals surface area contributed by atoms with Gasteiger partial charge in [-0.3, -0.25) is 4.79 Å². The number of rotatable bonds is 3. The van der Waals surface area contributed by atoms with Crippen molar-refractivity contribution in [2.24, 2.45) is 0 Å². The van der Waals surface area contributed by atoms with Gasteiger partial charge in [0.05, 0.1) is 10.7 Å². The third-order valence-corrected chi connectivity index (χ3v) is 4.78. The second kappa shape index (κ2) is 7.22. The van der Waals surface area contributed by atoms with Gasteiger partial charge in [-0.25, -0.2) is 4.98 Å². The van der Waals surface area contributed by atoms with E-state index in [0.29, 0.717) is 24.6 Å². The fraction of sp³-hybridized carbons (Fsp3) is 0.200. The number of piperazine rings is 1. The van der Waals surface area contributed by atoms with Crippen LogP contribution in [0.25, 0.3) is 17.2 Å². The third kappa shape index (κ3) is 3.44. The Morgan fingerprint density at radius 3 is 2.54 bits per heavy atom. The molecule has 0 spiro atoms. The number of fused-ring (bicyclic) bond motifs is 1. The maximum atomic E-state index is 12.4. The predicted octanol–water partition coefficient (Wildman–Crippen LogP) is 3.84. The van der Waals surface area contributed by atoms with Crippen molar-refractivity contribution in [3.63, 3.8) is 0 Å². The van der Waals surface area contributed by atoms with Crippen LogP contribution in [0.5, 0.6) is 0 Å². The molecule has 26 heavy (non-hydrogen) atoms. The van der Waals surface area contributed by atoms with Crippen molar-refractivity contribution in [1.82, 2.24) is 9.88 Å². The Morgan fingerprint density at radius 2 is 1.77 bits per heavy atom. The topological polar surface area (TPSA) is 49.6 Å². The van der Waals surface area contributed by atoms with Gasteiger partial charge in [0.2, 0.25) is 11.8 Å². The van der Waals surface area contributed by atoms with Gasteiger partial charge in [-0.15, -0.1) is 0 Å². The zero-order valence-corrected chi connectivity index (χ0v) is 14.9. The summed E-state index contributed by atoms with van der Waals surface area (Å²) in [6.07, 6.45) is 3.15. The average molecular weight is 368 g/mol. The van der Waals surface area contributed by atoms with Gasteiger partial charge in [0.15, 0.2) is 5.58 Å². The number of nitrogens with zero attached hydrogens (tertiary/aromatic N) is 3. The molecule has 2 aromatic carbocycles. The van der Waals surface area contributed by atoms with E-state index in [0.717, 1.165) is 29.3 Å². The molecule has 1 aliphatic rings. The van der Waals surface area contributed by atoms with Crippen LogP contribution in [0.1, 0.15) is 5.89 Å². The number of carbonyl (C=O) groups is 1. The van der Waals surface area contributed by atoms with Crippen molar-refractivity contribution < 1.29 is 9.21 Å². The molecule has 1 aliphatic heterocycles. The minimum atomic E-state index is -0.0361. The maximum absolute atomic E-state index is 12.4. The molecule has 0 atom stereocenters. The number of hydrogen-bond donors (Lipinski definition) is 0. The Hall–Kier alpha value is -2.79. The second-order valence-electron chi connectivity index (χ2n) is 6.12. The van der Waals surface area contributed by atoms with E-state index >= 15 is 0 Å². The largest absolute Gasteiger partial charge is 0.437 e. The van der Waals surface area contributed by atoms with Crippen LogP contribution >= 0.6 is 11.6 Å². The second-order valence-corrected chi connectivity index (χ2v) is 6.52. The van der Waals surface area contributed by atoms with Crippen molar-refractivity contribution >= 4 is 40.4 Å². The van der Waals surface area contributed by atoms with E-state index in [9.17, 15) is 4.79 Å². The molecule has 0 unspecified atom stereocenters. The first-order chi connectivity index (χ1) is 12.7. The van der Waals surface area contributed by atoms with Gasteiger partial charge < -0.3 is 14.2 Å². The molecule has 3 aromatic rings. The summed E-state index contributed by atoms with van der Waals surface area (Å²) in [7, 11) is 0. The van der Waals surface area contributed by atoms with Crippen molar-refractivity contribution in [2.45, 2.75) is 0 Å². The molecule has 132 valence electrons. The van der Waals surface area contributed by atoms with Crippen molar-refractivity contribution in [2.75, 3.05) is 31.1 Å². The van der Waals surface area contributed by atoms with Crippen LogP contribution in [-0.2, 0) is 4.79 Å². The van der Waals surface area contributed by atoms with Crippen molar-refractivity contribution in [3.8, 4) is 0 Å². The SMILES string of the molecule is O=C(C=Cc1nc2ccccc2o1)N1CCN(c2ccccc2Cl)CC1. The summed E-state index contributed by atoms with van der Waals surface area (Å²) in [5.41, 5.74) is 2.52. The molecule has 0 aliphatic carbocycles. The van der Waals surface area contributed by atoms with Crippen LogP contribution in [-0.4, -0.2) is 42.0 Å². The Kier molecular flexibility index (Phi) is 4.63. The maximum Gasteiger partial charge on any atom is 0.246 e. The lowest BCUT2D eigenvalue weighted by Crippen LogP contribution is -2.48. The Labute approximate surface area is 156 Å². The van der Waals surface area contributed by atoms with Gasteiger partial charge in [0.1, 0.15) is 5.52 Å². The minimum absolute atomic E-state index is 0.0361. The van der Waals surface area contributed by atoms with E-state index in [4.69, 9.17) is 16.0 Å². The molecule has 0 bridgehead atoms. The lowest BCUT2D eigenvalue weighted by molar-refractivity contribution is -0.126. The van der Waals surface area contributed by atoms with E-state index in [-0.39, 0.29) is 5.91 Å². The molecule has 4 rings (SSSR count). The summed E-state index contributed by atoms with van der Waals surface area (Å²) >= 11 is 6.26. The number of halogens is 1. The van der Waals surface area contributed by atoms with E-state index in [1.807, 2.05) is 53.4 Å². The van der Waals surface area contributed by atoms with E-state index < -0.39 is 0 Å². The predicted molar refractivity (Wildman–Crippen MR) is 103 cm³/mol. The highest BCUT2D eigenvalue weighted by atomic mass is 35.5. The van der Waals surface area contributed by atoms with Crippen LogP contribution in [0.4, 0.5) is 5.69 Å². The molecular weight excluding hydrogens is 350 g/mol. The highest BCUT2D eigenvalue weighted by molar-refractivity contribution is 6.33. The highest BCUT2D eigenvalue weighted by Crippen LogP contribution is 2.26. The molecule has 1 saturated heterocycles. The van der Waals surface area contributed by atoms with Gasteiger partial charge in [-0.2, -0.15) is 0 Å². The summed E-state index contributed by atoms with van der Waals surface area (Å²) < 4.78 is 5.60. The summed E-state index contributed by atoms with van der Waals surface area (Å²) in [5.74, 6) is 0.403. The molecule has 1 aromatic heterocycles. The van der Waals surface area contributed by atoms with Crippen LogP contribution in [0.3, 0.4) is 0 Å². The molecular formula is C20H18ClN3O2. The lowest BCUT2D eigenvalue weighted by atomic mass is 10.2. The van der Waals surface area contributed by atoms with E-state index in [1.165, 1.54) is 6.08 Å². The Bertz CT molecular complexity index is 925. The molecule has 0 radical (unpaired) electrons. The van der Waals surface area contributed by atoms with Gasteiger partial charge in [0, 0.05) is 38.3 Å². The van der Waals surface area contributed by atoms with E-state index in [2.05, 4.69) is 9.88 Å². The Morgan fingerprint density at radius 1 is 1.04 bits per heavy atom. The first-order valence-electron chi connectivity index (χ1n) is 8.53. The zero-order chi connectivity index (χ0) is 17.9. The first kappa shape index (κ1) is 16.7. The average Bonchev–Trinajstić information content (AvgIpc) is 3.10. The normalized spacial score (nSPS) is 15.1. The monoisotopic (exact) mass is 367 g/mol. The van der Waals surface area contributed by atoms with Crippen LogP contribution in [0.15, 0.2) is 59.0 Å². The smallest absolute Gasteiger partial charge is 0.246 e. The molecule has 1 fully saturated rings. The van der Waals surface area contributed by atoms with Crippen molar-refractivity contribution in [1.29, 1.82) is 0 Å². The molecule has 6 heteroatoms. The third-order valence-electron chi connectivity index (χ3n) is 4.46. The van der Waals surface area contributed by atoms with Crippen LogP contribution in [0.2, 0.25) is 5.02 Å². The van der Waals surface area contributed by atoms with Crippen molar-refractivity contribution in [3.05, 3.63) is 65.5 Å². The quantitative estimate of drug-likeness (QED) is 0.660. The first-order valence-corrected chi connectivity index (χ1v) is 8.90. The van der Waals surface area contributed by atoms with Gasteiger partial charge >= 0.3 is 0 Å². The zero-order valence-electron chi connectivity index (χ0n) is 14.1. The van der Waals surface area contributed by atoms with Gasteiger partial charge in [-0.05, 0) is 24.3 Å². The van der Waals surface area contributed by atoms with Gasteiger partial charge in [0.25, 0.3) is 0 Å². The summed E-state index contributed by atoms with van der Waals surface area (Å²) in [4.78, 5) is 20.8. The standard InChI is InChI=1S/C20H18ClN3O2/c21-15-5-1-3-7-17(15)23-11-13-24(14-12-23)20(25)10-9-19-22-16-6-2-4-8-18(16)26-19/h1-10H,11-14H2. The molecule has 1 amide bonds. The van der Waals surface area contributed by atoms with Crippen LogP contribution in [0, 0.1) is 0 Å². The fourth-order valence-electron chi connectivity index (χ4n) is 3.09. The fourth-order valence-corrected chi connectivity index (χ4v) is 3.34. The number of oxazole rings is 1. The number of carbonyl (C=O) groups excluding carboxylic acids is 1. The number of aromatic nitrogens is 1. The molecule has 0 saturated carbocycles. The number of amides is 1. The number of hydrogen-bond acceptors (Lipinski definition) is 4. The summed E-state index contributed by atoms with van der Waals surface area (Å²) in [5, 5.41) is 0.739. The molecule has 5 nitrogen and oxygen atoms in total. The highest BCUT2D eigenvalue weighted by Gasteiger charge is 2.21. The number of benzene rings is 2. The Balaban J connectivity index is 1.38. The summed E-state index contributed by atoms with van der Waals surface area (Å²) in [6.45, 7) is 2.82. The van der Waals surface area contributed by atoms with Gasteiger partial charge in [-0.1, -0.05) is 35.9 Å². The van der Waals surface area contributed by atoms with Crippen LogP contribution < -0.4 is 4.90 Å². The summed E-state index contributed by atoms with van der Waals surface area (Å²) in [6, 6.07) is 15.3. The molecule has 2 heterocycles. The number of para-hydroxylation sites is 3. The minimum Gasteiger partial charge on any atom is -0.437 e. The number of anilines is 1.